The van der Waals surface area contributed by atoms with Crippen molar-refractivity contribution < 1.29 is 28.8 Å². The normalized spacial score (nSPS) is 11.0. The Labute approximate surface area is 217 Å². The van der Waals surface area contributed by atoms with Crippen LogP contribution in [-0.4, -0.2) is 42.1 Å². The van der Waals surface area contributed by atoms with Gasteiger partial charge in [0, 0.05) is 23.3 Å². The molecule has 3 aromatic rings. The van der Waals surface area contributed by atoms with Gasteiger partial charge in [0.2, 0.25) is 0 Å². The summed E-state index contributed by atoms with van der Waals surface area (Å²) in [6.45, 7) is 1.63. The molecule has 38 heavy (non-hydrogen) atoms. The summed E-state index contributed by atoms with van der Waals surface area (Å²) in [5.74, 6) is -1.45. The fourth-order valence-electron chi connectivity index (χ4n) is 3.08. The van der Waals surface area contributed by atoms with E-state index in [2.05, 4.69) is 15.8 Å². The molecular weight excluding hydrogens is 492 g/mol. The summed E-state index contributed by atoms with van der Waals surface area (Å²) in [5, 5.41) is 17.4. The van der Waals surface area contributed by atoms with Crippen LogP contribution >= 0.6 is 0 Å². The largest absolute Gasteiger partial charge is 0.481 e. The fourth-order valence-corrected chi connectivity index (χ4v) is 3.08. The van der Waals surface area contributed by atoms with Gasteiger partial charge in [0.15, 0.2) is 6.61 Å². The predicted molar refractivity (Wildman–Crippen MR) is 139 cm³/mol. The molecule has 0 aliphatic heterocycles. The van der Waals surface area contributed by atoms with Crippen LogP contribution in [-0.2, 0) is 14.3 Å². The Morgan fingerprint density at radius 1 is 0.974 bits per heavy atom. The van der Waals surface area contributed by atoms with Gasteiger partial charge in [-0.1, -0.05) is 30.3 Å². The van der Waals surface area contributed by atoms with E-state index < -0.39 is 22.7 Å². The lowest BCUT2D eigenvalue weighted by Crippen LogP contribution is -2.32. The molecule has 0 heterocycles. The molecule has 11 nitrogen and oxygen atoms in total. The van der Waals surface area contributed by atoms with Gasteiger partial charge in [-0.25, -0.2) is 10.2 Å². The molecule has 0 saturated carbocycles. The highest BCUT2D eigenvalue weighted by Gasteiger charge is 2.15. The number of nitro groups is 1. The molecule has 0 spiro atoms. The number of esters is 1. The zero-order valence-electron chi connectivity index (χ0n) is 20.3. The number of nitrogens with zero attached hydrogens (tertiary/aromatic N) is 2. The minimum Gasteiger partial charge on any atom is -0.481 e. The van der Waals surface area contributed by atoms with Crippen molar-refractivity contribution >= 4 is 35.8 Å². The molecule has 0 fully saturated rings. The van der Waals surface area contributed by atoms with Gasteiger partial charge in [0.1, 0.15) is 11.4 Å². The lowest BCUT2D eigenvalue weighted by molar-refractivity contribution is -0.384. The van der Waals surface area contributed by atoms with E-state index >= 15 is 0 Å². The Morgan fingerprint density at radius 2 is 1.66 bits per heavy atom. The van der Waals surface area contributed by atoms with Gasteiger partial charge in [-0.2, -0.15) is 5.10 Å². The number of nitrogens with one attached hydrogen (secondary N) is 2. The van der Waals surface area contributed by atoms with Crippen molar-refractivity contribution in [1.82, 2.24) is 10.7 Å². The highest BCUT2D eigenvalue weighted by Crippen LogP contribution is 2.16. The molecule has 0 radical (unpaired) electrons. The Bertz CT molecular complexity index is 1350. The van der Waals surface area contributed by atoms with Crippen molar-refractivity contribution in [3.8, 4) is 5.75 Å². The van der Waals surface area contributed by atoms with Crippen molar-refractivity contribution in [2.75, 3.05) is 13.2 Å². The average molecular weight is 517 g/mol. The number of carbonyl (C=O) groups is 3. The van der Waals surface area contributed by atoms with Crippen LogP contribution in [0.25, 0.3) is 6.08 Å². The summed E-state index contributed by atoms with van der Waals surface area (Å²) in [4.78, 5) is 47.6. The number of benzene rings is 3. The number of hydrogen-bond acceptors (Lipinski definition) is 8. The van der Waals surface area contributed by atoms with Gasteiger partial charge in [-0.15, -0.1) is 0 Å². The van der Waals surface area contributed by atoms with E-state index in [1.165, 1.54) is 36.6 Å². The van der Waals surface area contributed by atoms with Crippen molar-refractivity contribution in [2.45, 2.75) is 6.92 Å². The number of rotatable bonds is 11. The summed E-state index contributed by atoms with van der Waals surface area (Å²) in [5.41, 5.74) is 3.33. The van der Waals surface area contributed by atoms with Gasteiger partial charge in [0.25, 0.3) is 17.5 Å². The molecule has 2 N–H and O–H groups in total. The minimum absolute atomic E-state index is 0.116. The van der Waals surface area contributed by atoms with E-state index in [9.17, 15) is 24.5 Å². The van der Waals surface area contributed by atoms with Crippen molar-refractivity contribution in [1.29, 1.82) is 0 Å². The molecule has 0 aliphatic rings. The zero-order chi connectivity index (χ0) is 27.3. The number of hydrazone groups is 1. The third-order valence-electron chi connectivity index (χ3n) is 4.88. The van der Waals surface area contributed by atoms with Crippen LogP contribution in [0.1, 0.15) is 28.4 Å². The van der Waals surface area contributed by atoms with Crippen molar-refractivity contribution in [3.05, 3.63) is 111 Å². The van der Waals surface area contributed by atoms with Crippen LogP contribution in [0, 0.1) is 10.1 Å². The first-order valence-electron chi connectivity index (χ1n) is 11.4. The number of hydrogen-bond donors (Lipinski definition) is 2. The number of non-ortho nitro benzene ring substituents is 1. The minimum atomic E-state index is -0.742. The molecule has 0 aliphatic carbocycles. The predicted octanol–water partition coefficient (Wildman–Crippen LogP) is 3.46. The van der Waals surface area contributed by atoms with Gasteiger partial charge in [-0.3, -0.25) is 19.7 Å². The van der Waals surface area contributed by atoms with Crippen LogP contribution in [0.5, 0.6) is 5.75 Å². The molecule has 3 rings (SSSR count). The van der Waals surface area contributed by atoms with Crippen molar-refractivity contribution in [3.63, 3.8) is 0 Å². The third-order valence-corrected chi connectivity index (χ3v) is 4.88. The number of para-hydroxylation sites is 1. The topological polar surface area (TPSA) is 149 Å². The molecule has 3 aromatic carbocycles. The van der Waals surface area contributed by atoms with Crippen molar-refractivity contribution in [2.24, 2.45) is 5.10 Å². The van der Waals surface area contributed by atoms with E-state index in [0.717, 1.165) is 0 Å². The fraction of sp³-hybridized carbons (Fsp3) is 0.111. The van der Waals surface area contributed by atoms with E-state index in [-0.39, 0.29) is 24.6 Å². The molecule has 194 valence electrons. The quantitative estimate of drug-likeness (QED) is 0.130. The van der Waals surface area contributed by atoms with Crippen LogP contribution in [0.3, 0.4) is 0 Å². The molecule has 0 aromatic heterocycles. The number of carbonyl (C=O) groups excluding carboxylic acids is 3. The maximum Gasteiger partial charge on any atom is 0.344 e. The first-order chi connectivity index (χ1) is 18.4. The monoisotopic (exact) mass is 516 g/mol. The van der Waals surface area contributed by atoms with E-state index in [1.54, 1.807) is 61.5 Å². The van der Waals surface area contributed by atoms with Crippen LogP contribution in [0.2, 0.25) is 0 Å². The second kappa shape index (κ2) is 13.7. The Morgan fingerprint density at radius 3 is 2.34 bits per heavy atom. The molecule has 0 bridgehead atoms. The van der Waals surface area contributed by atoms with Crippen LogP contribution in [0.15, 0.2) is 89.7 Å². The Kier molecular flexibility index (Phi) is 9.82. The van der Waals surface area contributed by atoms with Crippen LogP contribution in [0.4, 0.5) is 5.69 Å². The smallest absolute Gasteiger partial charge is 0.344 e. The Balaban J connectivity index is 1.78. The maximum atomic E-state index is 12.9. The molecule has 11 heteroatoms. The van der Waals surface area contributed by atoms with E-state index in [0.29, 0.717) is 22.4 Å². The Hall–Kier alpha value is -5.32. The zero-order valence-corrected chi connectivity index (χ0v) is 20.3. The van der Waals surface area contributed by atoms with Gasteiger partial charge in [0.05, 0.1) is 17.7 Å². The molecular formula is C27H24N4O7. The third kappa shape index (κ3) is 8.12. The number of nitro benzene ring substituents is 1. The average Bonchev–Trinajstić information content (AvgIpc) is 2.93. The summed E-state index contributed by atoms with van der Waals surface area (Å²) in [6, 6.07) is 20.5. The lowest BCUT2D eigenvalue weighted by Gasteiger charge is -2.10. The summed E-state index contributed by atoms with van der Waals surface area (Å²) in [6.07, 6.45) is 2.69. The standard InChI is InChI=1S/C27H24N4O7/c1-2-37-25(32)18-38-24-11-7-6-10-21(24)17-28-30-27(34)23(29-26(33)20-8-4-3-5-9-20)16-19-12-14-22(15-13-19)31(35)36/h3-17H,2,18H2,1H3,(H,29,33)(H,30,34)/b23-16+,28-17+. The van der Waals surface area contributed by atoms with Gasteiger partial charge >= 0.3 is 5.97 Å². The van der Waals surface area contributed by atoms with E-state index in [4.69, 9.17) is 9.47 Å². The van der Waals surface area contributed by atoms with Gasteiger partial charge in [-0.05, 0) is 55.0 Å². The van der Waals surface area contributed by atoms with Crippen LogP contribution < -0.4 is 15.5 Å². The molecule has 0 saturated heterocycles. The van der Waals surface area contributed by atoms with E-state index in [1.807, 2.05) is 0 Å². The molecule has 0 unspecified atom stereocenters. The summed E-state index contributed by atoms with van der Waals surface area (Å²) >= 11 is 0. The second-order valence-electron chi connectivity index (χ2n) is 7.56. The maximum absolute atomic E-state index is 12.9. The molecule has 2 amide bonds. The number of ether oxygens (including phenoxy) is 2. The summed E-state index contributed by atoms with van der Waals surface area (Å²) in [7, 11) is 0. The highest BCUT2D eigenvalue weighted by molar-refractivity contribution is 6.05. The first-order valence-corrected chi connectivity index (χ1v) is 11.4. The molecule has 0 atom stereocenters. The first kappa shape index (κ1) is 27.3. The lowest BCUT2D eigenvalue weighted by atomic mass is 10.1. The summed E-state index contributed by atoms with van der Waals surface area (Å²) < 4.78 is 10.3. The second-order valence-corrected chi connectivity index (χ2v) is 7.56. The highest BCUT2D eigenvalue weighted by atomic mass is 16.6. The SMILES string of the molecule is CCOC(=O)COc1ccccc1/C=N/NC(=O)/C(=C\c1ccc([N+](=O)[O-])cc1)NC(=O)c1ccccc1. The number of amides is 2. The van der Waals surface area contributed by atoms with Gasteiger partial charge < -0.3 is 14.8 Å².